The Kier molecular flexibility index (Phi) is 7.48. The van der Waals surface area contributed by atoms with Gasteiger partial charge in [-0.05, 0) is 26.5 Å². The van der Waals surface area contributed by atoms with Crippen molar-refractivity contribution in [1.29, 1.82) is 0 Å². The van der Waals surface area contributed by atoms with Gasteiger partial charge in [0.15, 0.2) is 0 Å². The van der Waals surface area contributed by atoms with Gasteiger partial charge in [0.25, 0.3) is 0 Å². The van der Waals surface area contributed by atoms with Gasteiger partial charge in [-0.2, -0.15) is 0 Å². The lowest BCUT2D eigenvalue weighted by atomic mass is 10.0. The van der Waals surface area contributed by atoms with Gasteiger partial charge in [0.1, 0.15) is 5.75 Å². The minimum absolute atomic E-state index is 0.234. The van der Waals surface area contributed by atoms with Crippen molar-refractivity contribution in [2.24, 2.45) is 0 Å². The van der Waals surface area contributed by atoms with Gasteiger partial charge in [0.05, 0.1) is 20.3 Å². The minimum atomic E-state index is 0.234. The molecule has 0 aliphatic heterocycles. The number of nitrogens with one attached hydrogen (secondary N) is 1. The fourth-order valence-corrected chi connectivity index (χ4v) is 2.03. The van der Waals surface area contributed by atoms with E-state index in [1.54, 1.807) is 14.2 Å². The largest absolute Gasteiger partial charge is 0.496 e. The van der Waals surface area contributed by atoms with E-state index >= 15 is 0 Å². The van der Waals surface area contributed by atoms with Crippen molar-refractivity contribution in [2.75, 3.05) is 41.1 Å². The summed E-state index contributed by atoms with van der Waals surface area (Å²) in [5.41, 5.74) is 2.41. The monoisotopic (exact) mass is 267 g/mol. The van der Waals surface area contributed by atoms with E-state index in [1.807, 2.05) is 13.1 Å². The predicted octanol–water partition coefficient (Wildman–Crippen LogP) is 2.32. The third-order valence-corrected chi connectivity index (χ3v) is 3.09. The molecule has 1 aromatic carbocycles. The van der Waals surface area contributed by atoms with Crippen LogP contribution in [-0.2, 0) is 9.47 Å². The van der Waals surface area contributed by atoms with Crippen LogP contribution in [0.1, 0.15) is 23.6 Å². The summed E-state index contributed by atoms with van der Waals surface area (Å²) in [5, 5.41) is 3.32. The van der Waals surface area contributed by atoms with Crippen LogP contribution in [-0.4, -0.2) is 41.1 Å². The smallest absolute Gasteiger partial charge is 0.123 e. The zero-order valence-corrected chi connectivity index (χ0v) is 12.4. The maximum absolute atomic E-state index is 5.53. The van der Waals surface area contributed by atoms with Gasteiger partial charge in [-0.25, -0.2) is 0 Å². The van der Waals surface area contributed by atoms with Crippen molar-refractivity contribution in [3.8, 4) is 5.75 Å². The number of ether oxygens (including phenoxy) is 3. The molecule has 0 radical (unpaired) electrons. The van der Waals surface area contributed by atoms with E-state index < -0.39 is 0 Å². The van der Waals surface area contributed by atoms with E-state index in [-0.39, 0.29) is 6.04 Å². The van der Waals surface area contributed by atoms with E-state index in [0.717, 1.165) is 12.2 Å². The van der Waals surface area contributed by atoms with Crippen molar-refractivity contribution in [2.45, 2.75) is 19.4 Å². The zero-order valence-electron chi connectivity index (χ0n) is 12.4. The molecule has 0 fully saturated rings. The molecule has 1 N–H and O–H groups in total. The quantitative estimate of drug-likeness (QED) is 0.697. The summed E-state index contributed by atoms with van der Waals surface area (Å²) >= 11 is 0. The molecule has 0 amide bonds. The van der Waals surface area contributed by atoms with Gasteiger partial charge in [0, 0.05) is 25.3 Å². The highest BCUT2D eigenvalue weighted by atomic mass is 16.5. The van der Waals surface area contributed by atoms with Crippen LogP contribution < -0.4 is 10.1 Å². The van der Waals surface area contributed by atoms with E-state index in [4.69, 9.17) is 14.2 Å². The topological polar surface area (TPSA) is 39.7 Å². The maximum Gasteiger partial charge on any atom is 0.123 e. The second kappa shape index (κ2) is 8.91. The first-order chi connectivity index (χ1) is 9.22. The number of aryl methyl sites for hydroxylation is 1. The molecule has 108 valence electrons. The lowest BCUT2D eigenvalue weighted by molar-refractivity contribution is 0.0660. The molecule has 4 nitrogen and oxygen atoms in total. The highest BCUT2D eigenvalue weighted by Gasteiger charge is 2.14. The average Bonchev–Trinajstić information content (AvgIpc) is 2.43. The SMILES string of the molecule is CNC(CCOCCOC)c1cc(C)ccc1OC. The zero-order chi connectivity index (χ0) is 14.1. The summed E-state index contributed by atoms with van der Waals surface area (Å²) in [6, 6.07) is 6.47. The van der Waals surface area contributed by atoms with Crippen LogP contribution in [0.15, 0.2) is 18.2 Å². The van der Waals surface area contributed by atoms with Crippen LogP contribution in [0.3, 0.4) is 0 Å². The molecule has 19 heavy (non-hydrogen) atoms. The van der Waals surface area contributed by atoms with Gasteiger partial charge >= 0.3 is 0 Å². The maximum atomic E-state index is 5.53. The highest BCUT2D eigenvalue weighted by molar-refractivity contribution is 5.39. The number of hydrogen-bond acceptors (Lipinski definition) is 4. The molecular formula is C15H25NO3. The van der Waals surface area contributed by atoms with Crippen molar-refractivity contribution >= 4 is 0 Å². The Morgan fingerprint density at radius 3 is 2.58 bits per heavy atom. The standard InChI is InChI=1S/C15H25NO3/c1-12-5-6-15(18-4)13(11-12)14(16-2)7-8-19-10-9-17-3/h5-6,11,14,16H,7-10H2,1-4H3. The second-order valence-corrected chi connectivity index (χ2v) is 4.48. The summed E-state index contributed by atoms with van der Waals surface area (Å²) in [5.74, 6) is 0.918. The van der Waals surface area contributed by atoms with Gasteiger partial charge in [0.2, 0.25) is 0 Å². The van der Waals surface area contributed by atoms with Gasteiger partial charge < -0.3 is 19.5 Å². The van der Waals surface area contributed by atoms with Crippen molar-refractivity contribution in [3.05, 3.63) is 29.3 Å². The summed E-state index contributed by atoms with van der Waals surface area (Å²) in [4.78, 5) is 0. The summed E-state index contributed by atoms with van der Waals surface area (Å²) in [6.45, 7) is 4.06. The van der Waals surface area contributed by atoms with Gasteiger partial charge in [-0.15, -0.1) is 0 Å². The average molecular weight is 267 g/mol. The lowest BCUT2D eigenvalue weighted by Gasteiger charge is -2.20. The Labute approximate surface area is 116 Å². The van der Waals surface area contributed by atoms with E-state index in [9.17, 15) is 0 Å². The fourth-order valence-electron chi connectivity index (χ4n) is 2.03. The van der Waals surface area contributed by atoms with Gasteiger partial charge in [-0.1, -0.05) is 17.7 Å². The molecule has 1 rings (SSSR count). The Bertz CT molecular complexity index is 368. The molecule has 0 spiro atoms. The molecule has 0 heterocycles. The molecule has 1 unspecified atom stereocenters. The molecule has 0 aliphatic rings. The number of rotatable bonds is 9. The van der Waals surface area contributed by atoms with Crippen molar-refractivity contribution in [1.82, 2.24) is 5.32 Å². The van der Waals surface area contributed by atoms with Crippen LogP contribution in [0.2, 0.25) is 0 Å². The normalized spacial score (nSPS) is 12.4. The Morgan fingerprint density at radius 1 is 1.16 bits per heavy atom. The summed E-state index contributed by atoms with van der Waals surface area (Å²) < 4.78 is 15.9. The number of benzene rings is 1. The molecule has 0 aromatic heterocycles. The highest BCUT2D eigenvalue weighted by Crippen LogP contribution is 2.28. The fraction of sp³-hybridized carbons (Fsp3) is 0.600. The van der Waals surface area contributed by atoms with Gasteiger partial charge in [-0.3, -0.25) is 0 Å². The van der Waals surface area contributed by atoms with E-state index in [2.05, 4.69) is 24.4 Å². The molecule has 1 atom stereocenters. The van der Waals surface area contributed by atoms with Crippen LogP contribution >= 0.6 is 0 Å². The first-order valence-electron chi connectivity index (χ1n) is 6.61. The van der Waals surface area contributed by atoms with E-state index in [0.29, 0.717) is 19.8 Å². The molecular weight excluding hydrogens is 242 g/mol. The first kappa shape index (κ1) is 16.0. The number of methoxy groups -OCH3 is 2. The van der Waals surface area contributed by atoms with E-state index in [1.165, 1.54) is 11.1 Å². The second-order valence-electron chi connectivity index (χ2n) is 4.48. The minimum Gasteiger partial charge on any atom is -0.496 e. The Balaban J connectivity index is 2.60. The van der Waals surface area contributed by atoms with Crippen LogP contribution in [0, 0.1) is 6.92 Å². The Morgan fingerprint density at radius 2 is 1.95 bits per heavy atom. The summed E-state index contributed by atoms with van der Waals surface area (Å²) in [7, 11) is 5.34. The molecule has 0 saturated heterocycles. The molecule has 0 aliphatic carbocycles. The van der Waals surface area contributed by atoms with Crippen LogP contribution in [0.5, 0.6) is 5.75 Å². The van der Waals surface area contributed by atoms with Crippen LogP contribution in [0.25, 0.3) is 0 Å². The lowest BCUT2D eigenvalue weighted by Crippen LogP contribution is -2.19. The van der Waals surface area contributed by atoms with Crippen LogP contribution in [0.4, 0.5) is 0 Å². The third kappa shape index (κ3) is 5.19. The third-order valence-electron chi connectivity index (χ3n) is 3.09. The van der Waals surface area contributed by atoms with Crippen molar-refractivity contribution in [3.63, 3.8) is 0 Å². The molecule has 4 heteroatoms. The Hall–Kier alpha value is -1.10. The summed E-state index contributed by atoms with van der Waals surface area (Å²) in [6.07, 6.45) is 0.903. The number of hydrogen-bond donors (Lipinski definition) is 1. The predicted molar refractivity (Wildman–Crippen MR) is 76.8 cm³/mol. The molecule has 1 aromatic rings. The first-order valence-corrected chi connectivity index (χ1v) is 6.61. The molecule has 0 bridgehead atoms. The molecule has 0 saturated carbocycles. The van der Waals surface area contributed by atoms with Crippen molar-refractivity contribution < 1.29 is 14.2 Å².